The Morgan fingerprint density at radius 3 is 3.00 bits per heavy atom. The number of thioether (sulfide) groups is 1. The summed E-state index contributed by atoms with van der Waals surface area (Å²) in [5.74, 6) is 4.35. The number of ether oxygens (including phenoxy) is 1. The highest BCUT2D eigenvalue weighted by molar-refractivity contribution is 8.00. The molecule has 0 aliphatic rings. The first-order valence-corrected chi connectivity index (χ1v) is 5.47. The van der Waals surface area contributed by atoms with Gasteiger partial charge >= 0.3 is 0 Å². The van der Waals surface area contributed by atoms with Crippen molar-refractivity contribution in [2.24, 2.45) is 5.84 Å². The van der Waals surface area contributed by atoms with Crippen LogP contribution in [0.5, 0.6) is 0 Å². The average Bonchev–Trinajstić information content (AvgIpc) is 2.27. The number of nitrogens with two attached hydrogens (primary N) is 1. The predicted octanol–water partition coefficient (Wildman–Crippen LogP) is 0.923. The summed E-state index contributed by atoms with van der Waals surface area (Å²) in [5.41, 5.74) is 2.05. The minimum Gasteiger partial charge on any atom is -0.383 e. The second-order valence-electron chi connectivity index (χ2n) is 3.03. The molecule has 3 N–H and O–H groups in total. The molecule has 1 aromatic carbocycles. The molecule has 0 spiro atoms. The summed E-state index contributed by atoms with van der Waals surface area (Å²) in [7, 11) is 1.49. The van der Waals surface area contributed by atoms with Crippen LogP contribution in [0.1, 0.15) is 0 Å². The van der Waals surface area contributed by atoms with Gasteiger partial charge in [-0.25, -0.2) is 10.2 Å². The fourth-order valence-corrected chi connectivity index (χ4v) is 2.16. The molecule has 1 unspecified atom stereocenters. The zero-order valence-electron chi connectivity index (χ0n) is 8.77. The van der Waals surface area contributed by atoms with Crippen LogP contribution in [-0.4, -0.2) is 24.9 Å². The fourth-order valence-electron chi connectivity index (χ4n) is 1.11. The van der Waals surface area contributed by atoms with Gasteiger partial charge in [0.05, 0.1) is 6.61 Å². The van der Waals surface area contributed by atoms with E-state index in [0.717, 1.165) is 0 Å². The van der Waals surface area contributed by atoms with Crippen LogP contribution in [-0.2, 0) is 9.53 Å². The topological polar surface area (TPSA) is 64.3 Å². The number of hydrogen-bond donors (Lipinski definition) is 2. The molecule has 4 nitrogen and oxygen atoms in total. The average molecular weight is 244 g/mol. The van der Waals surface area contributed by atoms with E-state index in [1.807, 2.05) is 0 Å². The van der Waals surface area contributed by atoms with Gasteiger partial charge in [0.2, 0.25) is 5.91 Å². The Kier molecular flexibility index (Phi) is 5.24. The number of hydrogen-bond acceptors (Lipinski definition) is 4. The first-order chi connectivity index (χ1) is 7.67. The van der Waals surface area contributed by atoms with Gasteiger partial charge in [0.25, 0.3) is 0 Å². The first-order valence-electron chi connectivity index (χ1n) is 4.59. The standard InChI is InChI=1S/C10H13FN2O2S/c1-15-6-9(10(14)13-12)16-8-4-2-3-7(11)5-8/h2-5,9H,6,12H2,1H3,(H,13,14). The third kappa shape index (κ3) is 3.80. The number of hydrazine groups is 1. The molecule has 1 rings (SSSR count). The number of rotatable bonds is 5. The van der Waals surface area contributed by atoms with Gasteiger partial charge in [0, 0.05) is 12.0 Å². The van der Waals surface area contributed by atoms with E-state index in [4.69, 9.17) is 10.6 Å². The van der Waals surface area contributed by atoms with Crippen LogP contribution in [0.15, 0.2) is 29.2 Å². The summed E-state index contributed by atoms with van der Waals surface area (Å²) in [6.45, 7) is 0.213. The molecular formula is C10H13FN2O2S. The van der Waals surface area contributed by atoms with E-state index in [0.29, 0.717) is 4.90 Å². The minimum atomic E-state index is -0.489. The monoisotopic (exact) mass is 244 g/mol. The SMILES string of the molecule is COCC(Sc1cccc(F)c1)C(=O)NN. The molecule has 1 amide bonds. The molecule has 1 atom stereocenters. The molecule has 0 radical (unpaired) electrons. The Hall–Kier alpha value is -1.11. The maximum absolute atomic E-state index is 12.9. The normalized spacial score (nSPS) is 12.2. The summed E-state index contributed by atoms with van der Waals surface area (Å²) in [6.07, 6.45) is 0. The van der Waals surface area contributed by atoms with Crippen LogP contribution < -0.4 is 11.3 Å². The number of methoxy groups -OCH3 is 1. The largest absolute Gasteiger partial charge is 0.383 e. The highest BCUT2D eigenvalue weighted by atomic mass is 32.2. The Labute approximate surface area is 97.3 Å². The molecular weight excluding hydrogens is 231 g/mol. The minimum absolute atomic E-state index is 0.213. The van der Waals surface area contributed by atoms with Crippen molar-refractivity contribution in [3.63, 3.8) is 0 Å². The van der Waals surface area contributed by atoms with Crippen molar-refractivity contribution in [3.05, 3.63) is 30.1 Å². The third-order valence-corrected chi connectivity index (χ3v) is 2.99. The number of halogens is 1. The van der Waals surface area contributed by atoms with Gasteiger partial charge in [0.1, 0.15) is 11.1 Å². The van der Waals surface area contributed by atoms with Gasteiger partial charge in [-0.1, -0.05) is 6.07 Å². The summed E-state index contributed by atoms with van der Waals surface area (Å²) < 4.78 is 17.8. The van der Waals surface area contributed by atoms with Crippen LogP contribution in [0.2, 0.25) is 0 Å². The number of carbonyl (C=O) groups excluding carboxylic acids is 1. The van der Waals surface area contributed by atoms with E-state index in [-0.39, 0.29) is 18.3 Å². The molecule has 0 heterocycles. The second-order valence-corrected chi connectivity index (χ2v) is 4.30. The van der Waals surface area contributed by atoms with Gasteiger partial charge < -0.3 is 4.74 Å². The second kappa shape index (κ2) is 6.47. The van der Waals surface area contributed by atoms with Crippen LogP contribution >= 0.6 is 11.8 Å². The molecule has 88 valence electrons. The van der Waals surface area contributed by atoms with Crippen molar-refractivity contribution in [3.8, 4) is 0 Å². The van der Waals surface area contributed by atoms with Crippen LogP contribution in [0.4, 0.5) is 4.39 Å². The highest BCUT2D eigenvalue weighted by Gasteiger charge is 2.18. The number of carbonyl (C=O) groups is 1. The fraction of sp³-hybridized carbons (Fsp3) is 0.300. The summed E-state index contributed by atoms with van der Waals surface area (Å²) in [6, 6.07) is 6.01. The van der Waals surface area contributed by atoms with Gasteiger partial charge in [-0.3, -0.25) is 10.2 Å². The lowest BCUT2D eigenvalue weighted by atomic mass is 10.3. The lowest BCUT2D eigenvalue weighted by molar-refractivity contribution is -0.121. The third-order valence-electron chi connectivity index (χ3n) is 1.83. The van der Waals surface area contributed by atoms with Crippen molar-refractivity contribution in [1.82, 2.24) is 5.43 Å². The summed E-state index contributed by atoms with van der Waals surface area (Å²) >= 11 is 1.20. The molecule has 16 heavy (non-hydrogen) atoms. The molecule has 0 aromatic heterocycles. The van der Waals surface area contributed by atoms with Crippen molar-refractivity contribution in [2.75, 3.05) is 13.7 Å². The molecule has 0 saturated carbocycles. The maximum Gasteiger partial charge on any atom is 0.249 e. The molecule has 6 heteroatoms. The van der Waals surface area contributed by atoms with Gasteiger partial charge in [-0.2, -0.15) is 0 Å². The van der Waals surface area contributed by atoms with Crippen molar-refractivity contribution >= 4 is 17.7 Å². The highest BCUT2D eigenvalue weighted by Crippen LogP contribution is 2.24. The van der Waals surface area contributed by atoms with Crippen molar-refractivity contribution < 1.29 is 13.9 Å². The smallest absolute Gasteiger partial charge is 0.249 e. The van der Waals surface area contributed by atoms with E-state index < -0.39 is 5.25 Å². The zero-order valence-corrected chi connectivity index (χ0v) is 9.59. The Morgan fingerprint density at radius 1 is 1.69 bits per heavy atom. The zero-order chi connectivity index (χ0) is 12.0. The Balaban J connectivity index is 2.71. The number of nitrogens with one attached hydrogen (secondary N) is 1. The van der Waals surface area contributed by atoms with Gasteiger partial charge in [-0.15, -0.1) is 11.8 Å². The Morgan fingerprint density at radius 2 is 2.44 bits per heavy atom. The summed E-state index contributed by atoms with van der Waals surface area (Å²) in [5, 5.41) is -0.489. The molecule has 0 aliphatic carbocycles. The number of benzene rings is 1. The van der Waals surface area contributed by atoms with Crippen molar-refractivity contribution in [2.45, 2.75) is 10.1 Å². The van der Waals surface area contributed by atoms with Crippen LogP contribution in [0.3, 0.4) is 0 Å². The molecule has 0 aliphatic heterocycles. The lowest BCUT2D eigenvalue weighted by Crippen LogP contribution is -2.39. The van der Waals surface area contributed by atoms with Crippen LogP contribution in [0.25, 0.3) is 0 Å². The first kappa shape index (κ1) is 13.0. The van der Waals surface area contributed by atoms with Gasteiger partial charge in [-0.05, 0) is 18.2 Å². The van der Waals surface area contributed by atoms with E-state index in [9.17, 15) is 9.18 Å². The van der Waals surface area contributed by atoms with E-state index in [2.05, 4.69) is 5.43 Å². The summed E-state index contributed by atoms with van der Waals surface area (Å²) in [4.78, 5) is 12.0. The van der Waals surface area contributed by atoms with E-state index >= 15 is 0 Å². The van der Waals surface area contributed by atoms with Crippen molar-refractivity contribution in [1.29, 1.82) is 0 Å². The molecule has 0 fully saturated rings. The maximum atomic E-state index is 12.9. The van der Waals surface area contributed by atoms with Crippen LogP contribution in [0, 0.1) is 5.82 Å². The molecule has 1 aromatic rings. The van der Waals surface area contributed by atoms with E-state index in [1.54, 1.807) is 12.1 Å². The quantitative estimate of drug-likeness (QED) is 0.350. The van der Waals surface area contributed by atoms with Gasteiger partial charge in [0.15, 0.2) is 0 Å². The molecule has 0 saturated heterocycles. The predicted molar refractivity (Wildman–Crippen MR) is 60.3 cm³/mol. The Bertz CT molecular complexity index is 362. The number of amides is 1. The molecule has 0 bridgehead atoms. The van der Waals surface area contributed by atoms with E-state index in [1.165, 1.54) is 31.0 Å². The lowest BCUT2D eigenvalue weighted by Gasteiger charge is -2.13.